The summed E-state index contributed by atoms with van der Waals surface area (Å²) in [5, 5.41) is 10.5. The summed E-state index contributed by atoms with van der Waals surface area (Å²) >= 11 is 0. The summed E-state index contributed by atoms with van der Waals surface area (Å²) in [6.45, 7) is 8.56. The standard InChI is InChI=1S/C16H23N5.CH2O2/c1-11(2)21-8-6-13(7-9-21)20-16-15-14(17-10-18-16)5-4-12(3)19-15;2-1-3/h4-5,10-11,13H,6-9H2,1-3H3,(H,17,18,20);1H,(H,2,3). The van der Waals surface area contributed by atoms with Gasteiger partial charge < -0.3 is 15.3 Å². The van der Waals surface area contributed by atoms with Gasteiger partial charge in [-0.25, -0.2) is 15.0 Å². The number of likely N-dealkylation sites (tertiary alicyclic amines) is 1. The average molecular weight is 331 g/mol. The summed E-state index contributed by atoms with van der Waals surface area (Å²) in [7, 11) is 0. The third-order valence-corrected chi connectivity index (χ3v) is 4.22. The second-order valence-electron chi connectivity index (χ2n) is 6.20. The van der Waals surface area contributed by atoms with Gasteiger partial charge in [-0.05, 0) is 45.7 Å². The van der Waals surface area contributed by atoms with Crippen LogP contribution in [-0.2, 0) is 4.79 Å². The maximum atomic E-state index is 8.36. The molecule has 1 fully saturated rings. The molecule has 0 aromatic carbocycles. The van der Waals surface area contributed by atoms with E-state index in [0.29, 0.717) is 12.1 Å². The number of hydrogen-bond donors (Lipinski definition) is 2. The minimum Gasteiger partial charge on any atom is -0.483 e. The van der Waals surface area contributed by atoms with Crippen LogP contribution in [0.2, 0.25) is 0 Å². The number of nitrogens with one attached hydrogen (secondary N) is 1. The molecule has 2 N–H and O–H groups in total. The minimum atomic E-state index is -0.250. The molecule has 0 bridgehead atoms. The molecule has 7 nitrogen and oxygen atoms in total. The van der Waals surface area contributed by atoms with Crippen molar-refractivity contribution in [3.05, 3.63) is 24.2 Å². The van der Waals surface area contributed by atoms with Gasteiger partial charge in [-0.15, -0.1) is 0 Å². The number of aryl methyl sites for hydroxylation is 1. The minimum absolute atomic E-state index is 0.250. The smallest absolute Gasteiger partial charge is 0.290 e. The molecular weight excluding hydrogens is 306 g/mol. The Kier molecular flexibility index (Phi) is 6.43. The van der Waals surface area contributed by atoms with Gasteiger partial charge >= 0.3 is 0 Å². The molecule has 0 unspecified atom stereocenters. The first-order chi connectivity index (χ1) is 11.5. The zero-order valence-electron chi connectivity index (χ0n) is 14.4. The van der Waals surface area contributed by atoms with E-state index < -0.39 is 0 Å². The van der Waals surface area contributed by atoms with Crippen molar-refractivity contribution in [2.24, 2.45) is 0 Å². The van der Waals surface area contributed by atoms with Crippen LogP contribution < -0.4 is 5.32 Å². The van der Waals surface area contributed by atoms with Crippen molar-refractivity contribution in [1.29, 1.82) is 0 Å². The molecule has 3 rings (SSSR count). The predicted octanol–water partition coefficient (Wildman–Crippen LogP) is 2.32. The van der Waals surface area contributed by atoms with Crippen LogP contribution in [-0.4, -0.2) is 56.6 Å². The molecule has 0 atom stereocenters. The Bertz CT molecular complexity index is 669. The molecule has 1 aliphatic rings. The average Bonchev–Trinajstić information content (AvgIpc) is 2.57. The van der Waals surface area contributed by atoms with Crippen LogP contribution in [0.15, 0.2) is 18.5 Å². The fourth-order valence-electron chi connectivity index (χ4n) is 2.90. The Morgan fingerprint density at radius 2 is 1.96 bits per heavy atom. The quantitative estimate of drug-likeness (QED) is 0.834. The summed E-state index contributed by atoms with van der Waals surface area (Å²) in [5.74, 6) is 0.867. The number of aromatic nitrogens is 3. The lowest BCUT2D eigenvalue weighted by molar-refractivity contribution is -0.122. The second-order valence-corrected chi connectivity index (χ2v) is 6.20. The SMILES string of the molecule is Cc1ccc2ncnc(NC3CCN(C(C)C)CC3)c2n1.O=CO. The van der Waals surface area contributed by atoms with E-state index in [2.05, 4.69) is 39.0 Å². The van der Waals surface area contributed by atoms with Crippen molar-refractivity contribution in [3.63, 3.8) is 0 Å². The van der Waals surface area contributed by atoms with Gasteiger partial charge in [0.15, 0.2) is 5.82 Å². The number of rotatable bonds is 3. The van der Waals surface area contributed by atoms with Crippen molar-refractivity contribution in [2.75, 3.05) is 18.4 Å². The molecule has 0 saturated carbocycles. The van der Waals surface area contributed by atoms with E-state index in [1.54, 1.807) is 6.33 Å². The molecule has 0 aliphatic carbocycles. The molecule has 0 spiro atoms. The lowest BCUT2D eigenvalue weighted by atomic mass is 10.0. The number of pyridine rings is 1. The zero-order valence-corrected chi connectivity index (χ0v) is 14.4. The van der Waals surface area contributed by atoms with Crippen molar-refractivity contribution in [2.45, 2.75) is 45.7 Å². The number of nitrogens with zero attached hydrogens (tertiary/aromatic N) is 4. The normalized spacial score (nSPS) is 15.8. The van der Waals surface area contributed by atoms with Gasteiger partial charge in [-0.1, -0.05) is 0 Å². The molecule has 1 saturated heterocycles. The van der Waals surface area contributed by atoms with Gasteiger partial charge in [0.2, 0.25) is 0 Å². The van der Waals surface area contributed by atoms with Crippen molar-refractivity contribution in [3.8, 4) is 0 Å². The first-order valence-electron chi connectivity index (χ1n) is 8.22. The van der Waals surface area contributed by atoms with Gasteiger partial charge in [0.05, 0.1) is 5.52 Å². The van der Waals surface area contributed by atoms with Gasteiger partial charge in [0.25, 0.3) is 6.47 Å². The molecule has 1 aliphatic heterocycles. The Hall–Kier alpha value is -2.28. The fourth-order valence-corrected chi connectivity index (χ4v) is 2.90. The van der Waals surface area contributed by atoms with Crippen LogP contribution in [0.4, 0.5) is 5.82 Å². The van der Waals surface area contributed by atoms with Gasteiger partial charge in [0.1, 0.15) is 11.8 Å². The lowest BCUT2D eigenvalue weighted by Crippen LogP contribution is -2.42. The largest absolute Gasteiger partial charge is 0.483 e. The molecule has 24 heavy (non-hydrogen) atoms. The number of carboxylic acid groups (broad SMARTS) is 1. The monoisotopic (exact) mass is 331 g/mol. The maximum Gasteiger partial charge on any atom is 0.290 e. The number of hydrogen-bond acceptors (Lipinski definition) is 6. The molecule has 130 valence electrons. The highest BCUT2D eigenvalue weighted by Crippen LogP contribution is 2.21. The molecule has 2 aromatic rings. The predicted molar refractivity (Wildman–Crippen MR) is 94.1 cm³/mol. The molecular formula is C17H25N5O2. The van der Waals surface area contributed by atoms with E-state index in [1.807, 2.05) is 19.1 Å². The van der Waals surface area contributed by atoms with E-state index in [9.17, 15) is 0 Å². The van der Waals surface area contributed by atoms with Crippen LogP contribution >= 0.6 is 0 Å². The van der Waals surface area contributed by atoms with Crippen molar-refractivity contribution >= 4 is 23.3 Å². The van der Waals surface area contributed by atoms with Crippen LogP contribution in [0.1, 0.15) is 32.4 Å². The molecule has 7 heteroatoms. The first-order valence-corrected chi connectivity index (χ1v) is 8.22. The van der Waals surface area contributed by atoms with E-state index in [0.717, 1.165) is 48.5 Å². The summed E-state index contributed by atoms with van der Waals surface area (Å²) in [6.07, 6.45) is 3.91. The summed E-state index contributed by atoms with van der Waals surface area (Å²) in [6, 6.07) is 5.10. The highest BCUT2D eigenvalue weighted by Gasteiger charge is 2.21. The van der Waals surface area contributed by atoms with E-state index in [-0.39, 0.29) is 6.47 Å². The summed E-state index contributed by atoms with van der Waals surface area (Å²) < 4.78 is 0. The van der Waals surface area contributed by atoms with E-state index in [1.165, 1.54) is 0 Å². The third kappa shape index (κ3) is 4.61. The molecule has 2 aromatic heterocycles. The molecule has 3 heterocycles. The van der Waals surface area contributed by atoms with Crippen LogP contribution in [0.5, 0.6) is 0 Å². The number of carbonyl (C=O) groups is 1. The first kappa shape index (κ1) is 18.1. The van der Waals surface area contributed by atoms with E-state index >= 15 is 0 Å². The van der Waals surface area contributed by atoms with Gasteiger partial charge in [0, 0.05) is 30.9 Å². The van der Waals surface area contributed by atoms with E-state index in [4.69, 9.17) is 9.90 Å². The summed E-state index contributed by atoms with van der Waals surface area (Å²) in [5.41, 5.74) is 2.77. The van der Waals surface area contributed by atoms with Crippen molar-refractivity contribution in [1.82, 2.24) is 19.9 Å². The zero-order chi connectivity index (χ0) is 17.5. The highest BCUT2D eigenvalue weighted by molar-refractivity contribution is 5.84. The molecule has 0 radical (unpaired) electrons. The van der Waals surface area contributed by atoms with Crippen molar-refractivity contribution < 1.29 is 9.90 Å². The Balaban J connectivity index is 0.000000647. The Morgan fingerprint density at radius 3 is 2.58 bits per heavy atom. The fraction of sp³-hybridized carbons (Fsp3) is 0.529. The molecule has 0 amide bonds. The van der Waals surface area contributed by atoms with Crippen LogP contribution in [0, 0.1) is 6.92 Å². The summed E-state index contributed by atoms with van der Waals surface area (Å²) in [4.78, 5) is 24.2. The third-order valence-electron chi connectivity index (χ3n) is 4.22. The highest BCUT2D eigenvalue weighted by atomic mass is 16.3. The van der Waals surface area contributed by atoms with Gasteiger partial charge in [-0.2, -0.15) is 0 Å². The number of piperidine rings is 1. The number of anilines is 1. The van der Waals surface area contributed by atoms with Gasteiger partial charge in [-0.3, -0.25) is 4.79 Å². The topological polar surface area (TPSA) is 91.2 Å². The van der Waals surface area contributed by atoms with Crippen LogP contribution in [0.3, 0.4) is 0 Å². The number of fused-ring (bicyclic) bond motifs is 1. The Morgan fingerprint density at radius 1 is 1.29 bits per heavy atom. The van der Waals surface area contributed by atoms with Crippen LogP contribution in [0.25, 0.3) is 11.0 Å². The second kappa shape index (κ2) is 8.54. The maximum absolute atomic E-state index is 8.36. The lowest BCUT2D eigenvalue weighted by Gasteiger charge is -2.35. The Labute approximate surface area is 142 Å².